The maximum absolute atomic E-state index is 12.1. The van der Waals surface area contributed by atoms with Gasteiger partial charge in [-0.3, -0.25) is 4.79 Å². The summed E-state index contributed by atoms with van der Waals surface area (Å²) in [7, 11) is 1.63. The highest BCUT2D eigenvalue weighted by molar-refractivity contribution is 5.97. The zero-order valence-corrected chi connectivity index (χ0v) is 21.6. The van der Waals surface area contributed by atoms with Crippen LogP contribution < -0.4 is 15.8 Å². The molecule has 0 aliphatic carbocycles. The molecule has 6 rings (SSSR count). The van der Waals surface area contributed by atoms with Crippen LogP contribution in [0.1, 0.15) is 25.5 Å². The average molecular weight is 545 g/mol. The van der Waals surface area contributed by atoms with Crippen LogP contribution in [0.4, 0.5) is 0 Å². The van der Waals surface area contributed by atoms with E-state index >= 15 is 0 Å². The molecule has 0 unspecified atom stereocenters. The van der Waals surface area contributed by atoms with Crippen molar-refractivity contribution >= 4 is 32.9 Å². The second-order valence-electron chi connectivity index (χ2n) is 9.29. The van der Waals surface area contributed by atoms with Crippen molar-refractivity contribution < 1.29 is 38.4 Å². The molecule has 10 heteroatoms. The van der Waals surface area contributed by atoms with Crippen molar-refractivity contribution in [1.29, 1.82) is 0 Å². The maximum Gasteiger partial charge on any atom is 0.336 e. The predicted octanol–water partition coefficient (Wildman–Crippen LogP) is 5.95. The van der Waals surface area contributed by atoms with Gasteiger partial charge in [-0.1, -0.05) is 13.8 Å². The largest absolute Gasteiger partial charge is 0.508 e. The van der Waals surface area contributed by atoms with E-state index in [1.54, 1.807) is 19.2 Å². The van der Waals surface area contributed by atoms with E-state index in [1.807, 2.05) is 19.9 Å². The first kappa shape index (κ1) is 26.2. The number of rotatable bonds is 3. The van der Waals surface area contributed by atoms with Gasteiger partial charge < -0.3 is 38.4 Å². The van der Waals surface area contributed by atoms with Crippen LogP contribution in [-0.4, -0.2) is 27.5 Å². The van der Waals surface area contributed by atoms with E-state index in [-0.39, 0.29) is 45.3 Å². The third-order valence-electron chi connectivity index (χ3n) is 6.23. The van der Waals surface area contributed by atoms with Crippen LogP contribution in [0.5, 0.6) is 28.7 Å². The van der Waals surface area contributed by atoms with Gasteiger partial charge in [0.05, 0.1) is 17.9 Å². The Morgan fingerprint density at radius 3 is 2.17 bits per heavy atom. The number of benzene rings is 3. The Hall–Kier alpha value is -5.38. The van der Waals surface area contributed by atoms with Crippen molar-refractivity contribution in [2.24, 2.45) is 0 Å². The fourth-order valence-electron chi connectivity index (χ4n) is 4.28. The monoisotopic (exact) mass is 544 g/mol. The Labute approximate surface area is 225 Å². The molecule has 0 atom stereocenters. The van der Waals surface area contributed by atoms with Gasteiger partial charge in [-0.05, 0) is 42.5 Å². The van der Waals surface area contributed by atoms with Crippen LogP contribution in [0.2, 0.25) is 0 Å². The number of fused-ring (bicyclic) bond motifs is 3. The van der Waals surface area contributed by atoms with Crippen LogP contribution in [0.25, 0.3) is 44.2 Å². The van der Waals surface area contributed by atoms with E-state index in [9.17, 15) is 30.0 Å². The lowest BCUT2D eigenvalue weighted by Gasteiger charge is -2.07. The van der Waals surface area contributed by atoms with Crippen LogP contribution in [0.3, 0.4) is 0 Å². The van der Waals surface area contributed by atoms with E-state index in [0.29, 0.717) is 11.2 Å². The van der Waals surface area contributed by atoms with Crippen molar-refractivity contribution in [3.05, 3.63) is 87.1 Å². The second-order valence-corrected chi connectivity index (χ2v) is 9.29. The van der Waals surface area contributed by atoms with E-state index in [0.717, 1.165) is 28.3 Å². The van der Waals surface area contributed by atoms with Gasteiger partial charge in [-0.15, -0.1) is 0 Å². The van der Waals surface area contributed by atoms with Crippen LogP contribution in [-0.2, 0) is 0 Å². The summed E-state index contributed by atoms with van der Waals surface area (Å²) >= 11 is 0. The van der Waals surface area contributed by atoms with E-state index in [4.69, 9.17) is 18.0 Å². The predicted molar refractivity (Wildman–Crippen MR) is 147 cm³/mol. The summed E-state index contributed by atoms with van der Waals surface area (Å²) in [4.78, 5) is 23.3. The van der Waals surface area contributed by atoms with Gasteiger partial charge in [0.15, 0.2) is 23.0 Å². The first-order chi connectivity index (χ1) is 19.1. The van der Waals surface area contributed by atoms with Crippen molar-refractivity contribution in [3.63, 3.8) is 0 Å². The third-order valence-corrected chi connectivity index (χ3v) is 6.23. The van der Waals surface area contributed by atoms with Crippen LogP contribution in [0.15, 0.2) is 83.5 Å². The quantitative estimate of drug-likeness (QED) is 0.154. The molecular formula is C30H24O10. The number of ether oxygens (including phenoxy) is 1. The fourth-order valence-corrected chi connectivity index (χ4v) is 4.28. The number of aromatic hydroxyl groups is 4. The number of hydrogen-bond donors (Lipinski definition) is 4. The molecule has 0 saturated heterocycles. The standard InChI is InChI=1S/C15H10O6.C15H14O4/c16-8-2-3-9-12(6-8)21-15(14(20)13(9)19)7-1-4-10(17)11(18)5-7;1-8(2)14-15(17-3)10-6-9-4-5-13(16)18-11(9)7-12(10)19-14/h1-6,16-18,20H;4-8H,1-3H3. The first-order valence-electron chi connectivity index (χ1n) is 12.1. The number of phenols is 3. The minimum Gasteiger partial charge on any atom is -0.508 e. The van der Waals surface area contributed by atoms with Crippen molar-refractivity contribution in [1.82, 2.24) is 0 Å². The topological polar surface area (TPSA) is 164 Å². The molecule has 0 fully saturated rings. The zero-order valence-electron chi connectivity index (χ0n) is 21.6. The highest BCUT2D eigenvalue weighted by Gasteiger charge is 2.19. The number of phenolic OH excluding ortho intramolecular Hbond substituents is 3. The molecule has 0 saturated carbocycles. The van der Waals surface area contributed by atoms with Gasteiger partial charge in [0.25, 0.3) is 0 Å². The molecule has 0 bridgehead atoms. The second kappa shape index (κ2) is 10.1. The normalized spacial score (nSPS) is 11.2. The van der Waals surface area contributed by atoms with Crippen molar-refractivity contribution in [2.45, 2.75) is 19.8 Å². The minimum absolute atomic E-state index is 0.0872. The molecule has 4 N–H and O–H groups in total. The Balaban J connectivity index is 0.000000162. The molecule has 6 aromatic rings. The number of methoxy groups -OCH3 is 1. The molecule has 0 spiro atoms. The van der Waals surface area contributed by atoms with Gasteiger partial charge >= 0.3 is 5.63 Å². The lowest BCUT2D eigenvalue weighted by molar-refractivity contribution is 0.390. The molecule has 3 heterocycles. The maximum atomic E-state index is 12.1. The first-order valence-corrected chi connectivity index (χ1v) is 12.1. The van der Waals surface area contributed by atoms with Crippen LogP contribution in [0, 0.1) is 0 Å². The highest BCUT2D eigenvalue weighted by atomic mass is 16.5. The van der Waals surface area contributed by atoms with Crippen molar-refractivity contribution in [2.75, 3.05) is 7.11 Å². The van der Waals surface area contributed by atoms with Crippen LogP contribution >= 0.6 is 0 Å². The summed E-state index contributed by atoms with van der Waals surface area (Å²) in [5.74, 6) is 0.165. The summed E-state index contributed by atoms with van der Waals surface area (Å²) < 4.78 is 21.8. The molecule has 0 aliphatic heterocycles. The van der Waals surface area contributed by atoms with Gasteiger partial charge in [-0.2, -0.15) is 0 Å². The Bertz CT molecular complexity index is 2010. The average Bonchev–Trinajstić information content (AvgIpc) is 3.29. The minimum atomic E-state index is -0.654. The molecule has 0 amide bonds. The molecule has 40 heavy (non-hydrogen) atoms. The summed E-state index contributed by atoms with van der Waals surface area (Å²) in [6.07, 6.45) is 0. The number of hydrogen-bond acceptors (Lipinski definition) is 10. The Morgan fingerprint density at radius 2 is 1.48 bits per heavy atom. The van der Waals surface area contributed by atoms with Gasteiger partial charge in [0.1, 0.15) is 28.3 Å². The third kappa shape index (κ3) is 4.66. The van der Waals surface area contributed by atoms with Crippen molar-refractivity contribution in [3.8, 4) is 40.1 Å². The zero-order chi connectivity index (χ0) is 28.7. The summed E-state index contributed by atoms with van der Waals surface area (Å²) in [6, 6.07) is 14.4. The molecule has 0 radical (unpaired) electrons. The summed E-state index contributed by atoms with van der Waals surface area (Å²) in [5, 5.41) is 40.0. The molecular weight excluding hydrogens is 520 g/mol. The van der Waals surface area contributed by atoms with Gasteiger partial charge in [0.2, 0.25) is 11.2 Å². The molecule has 3 aromatic carbocycles. The smallest absolute Gasteiger partial charge is 0.336 e. The SMILES string of the molecule is COc1c(C(C)C)oc2cc3oc(=O)ccc3cc12.O=c1c(O)c(-c2ccc(O)c(O)c2)oc2cc(O)ccc12. The Kier molecular flexibility index (Phi) is 6.60. The van der Waals surface area contributed by atoms with Gasteiger partial charge in [0, 0.05) is 35.1 Å². The lowest BCUT2D eigenvalue weighted by Crippen LogP contribution is -2.02. The summed E-state index contributed by atoms with van der Waals surface area (Å²) in [6.45, 7) is 4.08. The molecule has 0 aliphatic rings. The lowest BCUT2D eigenvalue weighted by atomic mass is 10.1. The Morgan fingerprint density at radius 1 is 0.725 bits per heavy atom. The molecule has 204 valence electrons. The molecule has 3 aromatic heterocycles. The highest BCUT2D eigenvalue weighted by Crippen LogP contribution is 2.39. The fraction of sp³-hybridized carbons (Fsp3) is 0.133. The van der Waals surface area contributed by atoms with E-state index < -0.39 is 16.9 Å². The van der Waals surface area contributed by atoms with Gasteiger partial charge in [-0.25, -0.2) is 4.79 Å². The molecule has 10 nitrogen and oxygen atoms in total. The van der Waals surface area contributed by atoms with E-state index in [1.165, 1.54) is 36.4 Å². The van der Waals surface area contributed by atoms with E-state index in [2.05, 4.69) is 0 Å². The number of furan rings is 1. The summed E-state index contributed by atoms with van der Waals surface area (Å²) in [5.41, 5.74) is 0.480.